The molecule has 0 aliphatic heterocycles. The van der Waals surface area contributed by atoms with E-state index < -0.39 is 0 Å². The van der Waals surface area contributed by atoms with Crippen molar-refractivity contribution in [1.29, 1.82) is 0 Å². The lowest BCUT2D eigenvalue weighted by atomic mass is 10.00. The fourth-order valence-corrected chi connectivity index (χ4v) is 2.79. The number of carbonyl (C=O) groups is 2. The maximum Gasteiger partial charge on any atom is 0.278 e. The second-order valence-corrected chi connectivity index (χ2v) is 5.78. The van der Waals surface area contributed by atoms with Crippen molar-refractivity contribution in [2.75, 3.05) is 13.2 Å². The summed E-state index contributed by atoms with van der Waals surface area (Å²) in [7, 11) is 0. The molecule has 0 bridgehead atoms. The van der Waals surface area contributed by atoms with Gasteiger partial charge in [-0.1, -0.05) is 35.5 Å². The van der Waals surface area contributed by atoms with E-state index in [1.807, 2.05) is 30.3 Å². The number of aryl methyl sites for hydroxylation is 1. The van der Waals surface area contributed by atoms with E-state index in [0.29, 0.717) is 36.5 Å². The Morgan fingerprint density at radius 2 is 2.04 bits per heavy atom. The van der Waals surface area contributed by atoms with E-state index >= 15 is 0 Å². The predicted molar refractivity (Wildman–Crippen MR) is 89.8 cm³/mol. The highest BCUT2D eigenvalue weighted by atomic mass is 16.6. The third kappa shape index (κ3) is 4.12. The number of nitrogens with zero attached hydrogens (tertiary/aromatic N) is 2. The Morgan fingerprint density at radius 3 is 2.76 bits per heavy atom. The number of ketones is 1. The molecule has 0 unspecified atom stereocenters. The first kappa shape index (κ1) is 16.9. The third-order valence-electron chi connectivity index (χ3n) is 4.04. The molecule has 1 amide bonds. The number of benzene rings is 1. The zero-order valence-electron chi connectivity index (χ0n) is 13.9. The van der Waals surface area contributed by atoms with Crippen molar-refractivity contribution >= 4 is 17.3 Å². The number of amides is 1. The first-order chi connectivity index (χ1) is 12.1. The van der Waals surface area contributed by atoms with E-state index in [2.05, 4.69) is 20.3 Å². The number of Topliss-reactive ketones (excluding diaryl/α,β-unsaturated/α-hetero) is 1. The molecular weight excluding hydrogens is 322 g/mol. The van der Waals surface area contributed by atoms with E-state index in [4.69, 9.17) is 4.74 Å². The van der Waals surface area contributed by atoms with E-state index in [-0.39, 0.29) is 24.7 Å². The van der Waals surface area contributed by atoms with Gasteiger partial charge in [0.05, 0.1) is 13.0 Å². The van der Waals surface area contributed by atoms with Crippen molar-refractivity contribution in [2.24, 2.45) is 0 Å². The largest absolute Gasteiger partial charge is 0.472 e. The number of hydrogen-bond acceptors (Lipinski definition) is 6. The Kier molecular flexibility index (Phi) is 5.23. The lowest BCUT2D eigenvalue weighted by Crippen LogP contribution is -2.28. The average molecular weight is 341 g/mol. The van der Waals surface area contributed by atoms with Crippen LogP contribution in [0.5, 0.6) is 5.88 Å². The number of hydrogen-bond donors (Lipinski definition) is 1. The molecule has 130 valence electrons. The van der Waals surface area contributed by atoms with Crippen LogP contribution in [-0.4, -0.2) is 35.2 Å². The summed E-state index contributed by atoms with van der Waals surface area (Å²) >= 11 is 0. The molecule has 3 rings (SSSR count). The maximum atomic E-state index is 12.2. The molecule has 1 aromatic carbocycles. The van der Waals surface area contributed by atoms with Gasteiger partial charge in [-0.05, 0) is 29.6 Å². The summed E-state index contributed by atoms with van der Waals surface area (Å²) in [6, 6.07) is 9.73. The molecule has 1 aromatic heterocycles. The molecule has 2 aromatic rings. The smallest absolute Gasteiger partial charge is 0.278 e. The van der Waals surface area contributed by atoms with Gasteiger partial charge in [-0.25, -0.2) is 4.63 Å². The van der Waals surface area contributed by atoms with Crippen LogP contribution in [0.2, 0.25) is 0 Å². The van der Waals surface area contributed by atoms with Gasteiger partial charge in [0.15, 0.2) is 5.78 Å². The van der Waals surface area contributed by atoms with Gasteiger partial charge in [-0.3, -0.25) is 9.59 Å². The normalized spacial score (nSPS) is 14.0. The number of ether oxygens (including phenoxy) is 1. The summed E-state index contributed by atoms with van der Waals surface area (Å²) in [6.07, 6.45) is 1.25. The molecule has 1 aliphatic carbocycles. The topological polar surface area (TPSA) is 94.3 Å². The van der Waals surface area contributed by atoms with Crippen LogP contribution in [-0.2, 0) is 9.59 Å². The van der Waals surface area contributed by atoms with Gasteiger partial charge in [0.1, 0.15) is 12.3 Å². The van der Waals surface area contributed by atoms with Gasteiger partial charge in [0.25, 0.3) is 5.88 Å². The summed E-state index contributed by atoms with van der Waals surface area (Å²) in [5, 5.41) is 9.95. The predicted octanol–water partition coefficient (Wildman–Crippen LogP) is 2.08. The van der Waals surface area contributed by atoms with Gasteiger partial charge in [0, 0.05) is 12.0 Å². The highest BCUT2D eigenvalue weighted by Gasteiger charge is 2.25. The fraction of sp³-hybridized carbons (Fsp3) is 0.333. The minimum Gasteiger partial charge on any atom is -0.472 e. The minimum atomic E-state index is -0.197. The SMILES string of the molecule is Cc1nonc1OCCNC(=O)CC1=C(c2ccccc2)CCC1=O. The molecule has 7 nitrogen and oxygen atoms in total. The Morgan fingerprint density at radius 1 is 1.24 bits per heavy atom. The third-order valence-corrected chi connectivity index (χ3v) is 4.04. The molecule has 25 heavy (non-hydrogen) atoms. The highest BCUT2D eigenvalue weighted by molar-refractivity contribution is 6.10. The Balaban J connectivity index is 1.54. The lowest BCUT2D eigenvalue weighted by molar-refractivity contribution is -0.122. The van der Waals surface area contributed by atoms with Crippen molar-refractivity contribution in [1.82, 2.24) is 15.6 Å². The average Bonchev–Trinajstić information content (AvgIpc) is 3.19. The molecular formula is C18H19N3O4. The Labute approximate surface area is 145 Å². The van der Waals surface area contributed by atoms with Gasteiger partial charge < -0.3 is 10.1 Å². The molecule has 7 heteroatoms. The standard InChI is InChI=1S/C18H19N3O4/c1-12-18(21-25-20-12)24-10-9-19-17(23)11-15-14(7-8-16(15)22)13-5-3-2-4-6-13/h2-6H,7-11H2,1H3,(H,19,23). The lowest BCUT2D eigenvalue weighted by Gasteiger charge is -2.08. The van der Waals surface area contributed by atoms with Crippen LogP contribution in [0.25, 0.3) is 5.57 Å². The molecule has 0 saturated carbocycles. The second kappa shape index (κ2) is 7.74. The summed E-state index contributed by atoms with van der Waals surface area (Å²) in [5.41, 5.74) is 3.15. The maximum absolute atomic E-state index is 12.2. The molecule has 1 N–H and O–H groups in total. The molecule has 1 aliphatic rings. The number of aromatic nitrogens is 2. The number of allylic oxidation sites excluding steroid dienone is 1. The fourth-order valence-electron chi connectivity index (χ4n) is 2.79. The van der Waals surface area contributed by atoms with Crippen molar-refractivity contribution in [3.05, 3.63) is 47.2 Å². The van der Waals surface area contributed by atoms with E-state index in [9.17, 15) is 9.59 Å². The molecule has 1 heterocycles. The van der Waals surface area contributed by atoms with Crippen LogP contribution in [0.1, 0.15) is 30.5 Å². The van der Waals surface area contributed by atoms with Crippen molar-refractivity contribution in [3.63, 3.8) is 0 Å². The van der Waals surface area contributed by atoms with E-state index in [0.717, 1.165) is 11.1 Å². The molecule has 0 atom stereocenters. The second-order valence-electron chi connectivity index (χ2n) is 5.78. The summed E-state index contributed by atoms with van der Waals surface area (Å²) in [5.74, 6) is 0.168. The minimum absolute atomic E-state index is 0.0505. The number of carbonyl (C=O) groups excluding carboxylic acids is 2. The van der Waals surface area contributed by atoms with Gasteiger partial charge >= 0.3 is 0 Å². The van der Waals surface area contributed by atoms with E-state index in [1.54, 1.807) is 6.92 Å². The van der Waals surface area contributed by atoms with Gasteiger partial charge in [-0.15, -0.1) is 0 Å². The first-order valence-corrected chi connectivity index (χ1v) is 8.14. The van der Waals surface area contributed by atoms with Crippen LogP contribution in [0.4, 0.5) is 0 Å². The Hall–Kier alpha value is -2.96. The van der Waals surface area contributed by atoms with E-state index in [1.165, 1.54) is 0 Å². The quantitative estimate of drug-likeness (QED) is 0.775. The van der Waals surface area contributed by atoms with Crippen molar-refractivity contribution < 1.29 is 19.0 Å². The summed E-state index contributed by atoms with van der Waals surface area (Å²) in [4.78, 5) is 24.3. The molecule has 0 radical (unpaired) electrons. The highest BCUT2D eigenvalue weighted by Crippen LogP contribution is 2.33. The van der Waals surface area contributed by atoms with Crippen LogP contribution in [0.3, 0.4) is 0 Å². The molecule has 0 saturated heterocycles. The molecule has 0 fully saturated rings. The molecule has 0 spiro atoms. The monoisotopic (exact) mass is 341 g/mol. The zero-order chi connectivity index (χ0) is 17.6. The van der Waals surface area contributed by atoms with Crippen molar-refractivity contribution in [3.8, 4) is 5.88 Å². The van der Waals surface area contributed by atoms with Crippen LogP contribution in [0, 0.1) is 6.92 Å². The van der Waals surface area contributed by atoms with Crippen LogP contribution < -0.4 is 10.1 Å². The van der Waals surface area contributed by atoms with Crippen LogP contribution >= 0.6 is 0 Å². The zero-order valence-corrected chi connectivity index (χ0v) is 13.9. The summed E-state index contributed by atoms with van der Waals surface area (Å²) < 4.78 is 9.87. The summed E-state index contributed by atoms with van der Waals surface area (Å²) in [6.45, 7) is 2.28. The number of rotatable bonds is 7. The van der Waals surface area contributed by atoms with Crippen molar-refractivity contribution in [2.45, 2.75) is 26.2 Å². The number of nitrogens with one attached hydrogen (secondary N) is 1. The van der Waals surface area contributed by atoms with Crippen LogP contribution in [0.15, 0.2) is 40.5 Å². The van der Waals surface area contributed by atoms with Gasteiger partial charge in [0.2, 0.25) is 5.91 Å². The Bertz CT molecular complexity index is 796. The first-order valence-electron chi connectivity index (χ1n) is 8.14. The van der Waals surface area contributed by atoms with Gasteiger partial charge in [-0.2, -0.15) is 0 Å².